The van der Waals surface area contributed by atoms with Crippen LogP contribution in [0.1, 0.15) is 19.8 Å². The van der Waals surface area contributed by atoms with Crippen LogP contribution in [0.15, 0.2) is 48.5 Å². The molecule has 2 aromatic rings. The molecule has 1 atom stereocenters. The molecule has 0 saturated carbocycles. The molecule has 0 N–H and O–H groups in total. The van der Waals surface area contributed by atoms with Crippen LogP contribution in [0, 0.1) is 0 Å². The Bertz CT molecular complexity index is 827. The molecule has 162 valence electrons. The minimum Gasteiger partial charge on any atom is -0.491 e. The van der Waals surface area contributed by atoms with E-state index in [9.17, 15) is 13.2 Å². The second-order valence-corrected chi connectivity index (χ2v) is 7.84. The molecule has 8 heteroatoms. The van der Waals surface area contributed by atoms with Crippen molar-refractivity contribution < 1.29 is 32.1 Å². The first kappa shape index (κ1) is 20.7. The number of ether oxygens (including phenoxy) is 4. The molecule has 0 radical (unpaired) electrons. The van der Waals surface area contributed by atoms with E-state index in [0.717, 1.165) is 44.0 Å². The van der Waals surface area contributed by atoms with Gasteiger partial charge in [0.2, 0.25) is 0 Å². The lowest BCUT2D eigenvalue weighted by atomic mass is 10.1. The van der Waals surface area contributed by atoms with Gasteiger partial charge in [-0.3, -0.25) is 0 Å². The zero-order chi connectivity index (χ0) is 21.2. The van der Waals surface area contributed by atoms with Crippen LogP contribution >= 0.6 is 0 Å². The minimum atomic E-state index is -4.69. The van der Waals surface area contributed by atoms with Gasteiger partial charge in [0.05, 0.1) is 6.61 Å². The maximum absolute atomic E-state index is 12.2. The fourth-order valence-electron chi connectivity index (χ4n) is 3.34. The number of nitrogens with zero attached hydrogens (tertiary/aromatic N) is 1. The molecule has 2 aromatic carbocycles. The normalized spacial score (nSPS) is 21.9. The van der Waals surface area contributed by atoms with E-state index < -0.39 is 6.36 Å². The number of epoxide rings is 1. The summed E-state index contributed by atoms with van der Waals surface area (Å²) in [5.41, 5.74) is 0.995. The summed E-state index contributed by atoms with van der Waals surface area (Å²) in [6, 6.07) is 13.5. The average molecular weight is 423 g/mol. The molecule has 2 heterocycles. The van der Waals surface area contributed by atoms with E-state index in [4.69, 9.17) is 14.2 Å². The van der Waals surface area contributed by atoms with Crippen LogP contribution in [0.25, 0.3) is 0 Å². The highest BCUT2D eigenvalue weighted by Crippen LogP contribution is 2.29. The van der Waals surface area contributed by atoms with Crippen molar-refractivity contribution in [1.82, 2.24) is 0 Å². The summed E-state index contributed by atoms with van der Waals surface area (Å²) in [5, 5.41) is 0. The van der Waals surface area contributed by atoms with Crippen molar-refractivity contribution in [2.45, 2.75) is 37.8 Å². The highest BCUT2D eigenvalue weighted by molar-refractivity contribution is 5.49. The summed E-state index contributed by atoms with van der Waals surface area (Å²) >= 11 is 0. The van der Waals surface area contributed by atoms with Gasteiger partial charge in [0.15, 0.2) is 0 Å². The summed E-state index contributed by atoms with van der Waals surface area (Å²) in [7, 11) is 0. The van der Waals surface area contributed by atoms with Crippen molar-refractivity contribution in [3.05, 3.63) is 48.5 Å². The molecule has 0 unspecified atom stereocenters. The van der Waals surface area contributed by atoms with E-state index in [1.54, 1.807) is 0 Å². The maximum atomic E-state index is 12.2. The lowest BCUT2D eigenvalue weighted by Gasteiger charge is -2.33. The number of alkyl halides is 3. The monoisotopic (exact) mass is 423 g/mol. The van der Waals surface area contributed by atoms with Gasteiger partial charge in [-0.15, -0.1) is 13.2 Å². The van der Waals surface area contributed by atoms with Crippen molar-refractivity contribution in [2.24, 2.45) is 0 Å². The van der Waals surface area contributed by atoms with Crippen LogP contribution in [0.3, 0.4) is 0 Å². The Kier molecular flexibility index (Phi) is 5.69. The maximum Gasteiger partial charge on any atom is 0.573 e. The summed E-state index contributed by atoms with van der Waals surface area (Å²) < 4.78 is 57.6. The molecule has 0 aromatic heterocycles. The first-order chi connectivity index (χ1) is 14.3. The topological polar surface area (TPSA) is 43.5 Å². The Morgan fingerprint density at radius 3 is 2.10 bits per heavy atom. The Morgan fingerprint density at radius 2 is 1.53 bits per heavy atom. The average Bonchev–Trinajstić information content (AvgIpc) is 3.46. The second-order valence-electron chi connectivity index (χ2n) is 7.84. The summed E-state index contributed by atoms with van der Waals surface area (Å²) in [5.74, 6) is 1.11. The van der Waals surface area contributed by atoms with Gasteiger partial charge < -0.3 is 23.8 Å². The predicted octanol–water partition coefficient (Wildman–Crippen LogP) is 4.80. The fraction of sp³-hybridized carbons (Fsp3) is 0.455. The number of hydrogen-bond donors (Lipinski definition) is 0. The van der Waals surface area contributed by atoms with Crippen molar-refractivity contribution in [3.63, 3.8) is 0 Å². The number of anilines is 1. The SMILES string of the molecule is C[C@]1(COc2ccc(N3CCC(Oc4ccc(OC(F)(F)F)cc4)CC3)cc2)CO1. The highest BCUT2D eigenvalue weighted by Gasteiger charge is 2.40. The third kappa shape index (κ3) is 5.72. The van der Waals surface area contributed by atoms with Gasteiger partial charge in [0, 0.05) is 31.6 Å². The molecular weight excluding hydrogens is 399 g/mol. The van der Waals surface area contributed by atoms with Gasteiger partial charge in [0.25, 0.3) is 0 Å². The Morgan fingerprint density at radius 1 is 0.967 bits per heavy atom. The van der Waals surface area contributed by atoms with Gasteiger partial charge in [-0.1, -0.05) is 0 Å². The summed E-state index contributed by atoms with van der Waals surface area (Å²) in [6.45, 7) is 5.00. The van der Waals surface area contributed by atoms with E-state index in [-0.39, 0.29) is 17.5 Å². The summed E-state index contributed by atoms with van der Waals surface area (Å²) in [4.78, 5) is 2.29. The number of halogens is 3. The Hall–Kier alpha value is -2.61. The van der Waals surface area contributed by atoms with Crippen LogP contribution < -0.4 is 19.1 Å². The molecule has 30 heavy (non-hydrogen) atoms. The van der Waals surface area contributed by atoms with E-state index in [0.29, 0.717) is 12.4 Å². The summed E-state index contributed by atoms with van der Waals surface area (Å²) in [6.07, 6.45) is -3.01. The third-order valence-corrected chi connectivity index (χ3v) is 5.19. The first-order valence-corrected chi connectivity index (χ1v) is 9.92. The van der Waals surface area contributed by atoms with Crippen molar-refractivity contribution in [1.29, 1.82) is 0 Å². The largest absolute Gasteiger partial charge is 0.573 e. The predicted molar refractivity (Wildman–Crippen MR) is 105 cm³/mol. The number of benzene rings is 2. The molecule has 2 aliphatic heterocycles. The van der Waals surface area contributed by atoms with Crippen LogP contribution in [0.2, 0.25) is 0 Å². The number of piperidine rings is 1. The van der Waals surface area contributed by atoms with Crippen molar-refractivity contribution in [2.75, 3.05) is 31.2 Å². The van der Waals surface area contributed by atoms with E-state index >= 15 is 0 Å². The third-order valence-electron chi connectivity index (χ3n) is 5.19. The van der Waals surface area contributed by atoms with Gasteiger partial charge in [-0.05, 0) is 55.5 Å². The zero-order valence-electron chi connectivity index (χ0n) is 16.7. The Labute approximate surface area is 173 Å². The first-order valence-electron chi connectivity index (χ1n) is 9.92. The quantitative estimate of drug-likeness (QED) is 0.599. The van der Waals surface area contributed by atoms with Crippen molar-refractivity contribution >= 4 is 5.69 Å². The Balaban J connectivity index is 1.23. The lowest BCUT2D eigenvalue weighted by Crippen LogP contribution is -2.38. The molecule has 2 fully saturated rings. The molecule has 2 saturated heterocycles. The van der Waals surface area contributed by atoms with Gasteiger partial charge >= 0.3 is 6.36 Å². The van der Waals surface area contributed by atoms with Crippen molar-refractivity contribution in [3.8, 4) is 17.2 Å². The number of hydrogen-bond acceptors (Lipinski definition) is 5. The minimum absolute atomic E-state index is 0.0255. The molecule has 4 rings (SSSR count). The van der Waals surface area contributed by atoms with Gasteiger partial charge in [-0.25, -0.2) is 0 Å². The molecule has 0 aliphatic carbocycles. The molecule has 0 bridgehead atoms. The van der Waals surface area contributed by atoms with Gasteiger partial charge in [0.1, 0.15) is 35.6 Å². The molecule has 0 spiro atoms. The standard InChI is InChI=1S/C22H24F3NO4/c1-21(15-28-21)14-27-17-4-2-16(3-5-17)26-12-10-19(11-13-26)29-18-6-8-20(9-7-18)30-22(23,24)25/h2-9,19H,10-15H2,1H3/t21-/m0/s1. The van der Waals surface area contributed by atoms with Crippen LogP contribution in [0.4, 0.5) is 18.9 Å². The fourth-order valence-corrected chi connectivity index (χ4v) is 3.34. The molecular formula is C22H24F3NO4. The highest BCUT2D eigenvalue weighted by atomic mass is 19.4. The lowest BCUT2D eigenvalue weighted by molar-refractivity contribution is -0.274. The number of rotatable bonds is 7. The van der Waals surface area contributed by atoms with E-state index in [2.05, 4.69) is 9.64 Å². The second kappa shape index (κ2) is 8.26. The zero-order valence-corrected chi connectivity index (χ0v) is 16.7. The smallest absolute Gasteiger partial charge is 0.491 e. The molecule has 5 nitrogen and oxygen atoms in total. The molecule has 2 aliphatic rings. The van der Waals surface area contributed by atoms with E-state index in [1.807, 2.05) is 31.2 Å². The van der Waals surface area contributed by atoms with Gasteiger partial charge in [-0.2, -0.15) is 0 Å². The van der Waals surface area contributed by atoms with Crippen LogP contribution in [0.5, 0.6) is 17.2 Å². The molecule has 0 amide bonds. The van der Waals surface area contributed by atoms with Crippen LogP contribution in [-0.2, 0) is 4.74 Å². The van der Waals surface area contributed by atoms with E-state index in [1.165, 1.54) is 24.3 Å². The van der Waals surface area contributed by atoms with Crippen LogP contribution in [-0.4, -0.2) is 44.4 Å².